The van der Waals surface area contributed by atoms with E-state index in [1.807, 2.05) is 41.3 Å². The second-order valence-corrected chi connectivity index (χ2v) is 7.80. The molecule has 1 aromatic carbocycles. The minimum atomic E-state index is 0.0388. The molecule has 28 heavy (non-hydrogen) atoms. The highest BCUT2D eigenvalue weighted by molar-refractivity contribution is 5.93. The van der Waals surface area contributed by atoms with Gasteiger partial charge in [0, 0.05) is 50.9 Å². The maximum atomic E-state index is 13.2. The summed E-state index contributed by atoms with van der Waals surface area (Å²) in [6.45, 7) is 5.49. The van der Waals surface area contributed by atoms with Crippen LogP contribution in [-0.2, 0) is 0 Å². The molecule has 4 rings (SSSR count). The Bertz CT molecular complexity index is 794. The fourth-order valence-electron chi connectivity index (χ4n) is 3.89. The lowest BCUT2D eigenvalue weighted by Crippen LogP contribution is -2.45. The number of rotatable bonds is 3. The van der Waals surface area contributed by atoms with Crippen LogP contribution in [-0.4, -0.2) is 72.0 Å². The Hall–Kier alpha value is -2.47. The van der Waals surface area contributed by atoms with Crippen LogP contribution in [0.3, 0.4) is 0 Å². The second-order valence-electron chi connectivity index (χ2n) is 7.80. The van der Waals surface area contributed by atoms with E-state index in [1.165, 1.54) is 12.8 Å². The van der Waals surface area contributed by atoms with Gasteiger partial charge in [0.25, 0.3) is 5.91 Å². The highest BCUT2D eigenvalue weighted by atomic mass is 16.2. The smallest absolute Gasteiger partial charge is 0.272 e. The molecule has 1 amide bonds. The van der Waals surface area contributed by atoms with E-state index in [9.17, 15) is 4.79 Å². The van der Waals surface area contributed by atoms with Crippen LogP contribution in [0.25, 0.3) is 11.4 Å². The fourth-order valence-corrected chi connectivity index (χ4v) is 3.89. The molecule has 2 saturated heterocycles. The minimum absolute atomic E-state index is 0.0388. The lowest BCUT2D eigenvalue weighted by atomic mass is 10.2. The SMILES string of the molecule is CN1CCN(c2cc(C(=O)N3CCCCCC3)nc(-c3ccccc3)n2)CC1. The Balaban J connectivity index is 1.68. The van der Waals surface area contributed by atoms with Crippen molar-refractivity contribution < 1.29 is 4.79 Å². The number of piperazine rings is 1. The van der Waals surface area contributed by atoms with Crippen molar-refractivity contribution in [3.8, 4) is 11.4 Å². The molecule has 6 heteroatoms. The van der Waals surface area contributed by atoms with Gasteiger partial charge in [0.15, 0.2) is 5.82 Å². The van der Waals surface area contributed by atoms with Crippen molar-refractivity contribution in [2.24, 2.45) is 0 Å². The maximum Gasteiger partial charge on any atom is 0.272 e. The number of hydrogen-bond acceptors (Lipinski definition) is 5. The van der Waals surface area contributed by atoms with E-state index in [0.29, 0.717) is 11.5 Å². The molecule has 1 aromatic heterocycles. The van der Waals surface area contributed by atoms with Gasteiger partial charge in [0.2, 0.25) is 0 Å². The van der Waals surface area contributed by atoms with Gasteiger partial charge in [-0.15, -0.1) is 0 Å². The van der Waals surface area contributed by atoms with Gasteiger partial charge in [-0.1, -0.05) is 43.2 Å². The van der Waals surface area contributed by atoms with Gasteiger partial charge in [-0.05, 0) is 19.9 Å². The maximum absolute atomic E-state index is 13.2. The molecule has 0 radical (unpaired) electrons. The molecule has 0 aliphatic carbocycles. The molecule has 0 N–H and O–H groups in total. The third kappa shape index (κ3) is 4.33. The van der Waals surface area contributed by atoms with E-state index in [0.717, 1.165) is 63.5 Å². The van der Waals surface area contributed by atoms with Crippen molar-refractivity contribution in [3.05, 3.63) is 42.1 Å². The van der Waals surface area contributed by atoms with Crippen molar-refractivity contribution in [1.82, 2.24) is 19.8 Å². The molecule has 0 spiro atoms. The molecule has 2 aliphatic rings. The van der Waals surface area contributed by atoms with Crippen LogP contribution < -0.4 is 4.90 Å². The number of aromatic nitrogens is 2. The molecular weight excluding hydrogens is 350 g/mol. The predicted octanol–water partition coefficient (Wildman–Crippen LogP) is 2.91. The van der Waals surface area contributed by atoms with Crippen molar-refractivity contribution in [2.45, 2.75) is 25.7 Å². The zero-order valence-electron chi connectivity index (χ0n) is 16.7. The number of nitrogens with zero attached hydrogens (tertiary/aromatic N) is 5. The Labute approximate surface area is 167 Å². The van der Waals surface area contributed by atoms with Gasteiger partial charge in [-0.25, -0.2) is 9.97 Å². The van der Waals surface area contributed by atoms with Crippen LogP contribution in [0.15, 0.2) is 36.4 Å². The first-order chi connectivity index (χ1) is 13.7. The van der Waals surface area contributed by atoms with E-state index in [2.05, 4.69) is 21.8 Å². The molecule has 0 saturated carbocycles. The zero-order chi connectivity index (χ0) is 19.3. The number of hydrogen-bond donors (Lipinski definition) is 0. The first-order valence-corrected chi connectivity index (χ1v) is 10.4. The van der Waals surface area contributed by atoms with Crippen molar-refractivity contribution in [3.63, 3.8) is 0 Å². The standard InChI is InChI=1S/C22H29N5O/c1-25-13-15-26(16-14-25)20-17-19(22(28)27-11-7-2-3-8-12-27)23-21(24-20)18-9-5-4-6-10-18/h4-6,9-10,17H,2-3,7-8,11-16H2,1H3. The molecule has 6 nitrogen and oxygen atoms in total. The Morgan fingerprint density at radius 2 is 1.54 bits per heavy atom. The number of benzene rings is 1. The van der Waals surface area contributed by atoms with Gasteiger partial charge >= 0.3 is 0 Å². The van der Waals surface area contributed by atoms with Crippen LogP contribution in [0.1, 0.15) is 36.2 Å². The molecule has 2 fully saturated rings. The van der Waals surface area contributed by atoms with E-state index in [4.69, 9.17) is 4.98 Å². The normalized spacial score (nSPS) is 18.8. The third-order valence-electron chi connectivity index (χ3n) is 5.68. The fraction of sp³-hybridized carbons (Fsp3) is 0.500. The van der Waals surface area contributed by atoms with Crippen LogP contribution in [0.5, 0.6) is 0 Å². The summed E-state index contributed by atoms with van der Waals surface area (Å²) in [5.41, 5.74) is 1.47. The molecule has 3 heterocycles. The van der Waals surface area contributed by atoms with Gasteiger partial charge in [-0.3, -0.25) is 4.79 Å². The number of likely N-dealkylation sites (tertiary alicyclic amines) is 1. The summed E-state index contributed by atoms with van der Waals surface area (Å²) < 4.78 is 0. The minimum Gasteiger partial charge on any atom is -0.354 e. The van der Waals surface area contributed by atoms with Gasteiger partial charge in [0.1, 0.15) is 11.5 Å². The van der Waals surface area contributed by atoms with E-state index in [1.54, 1.807) is 0 Å². The average Bonchev–Trinajstić information content (AvgIpc) is 3.03. The number of carbonyl (C=O) groups is 1. The summed E-state index contributed by atoms with van der Waals surface area (Å²) in [7, 11) is 2.14. The van der Waals surface area contributed by atoms with Crippen molar-refractivity contribution in [2.75, 3.05) is 51.2 Å². The molecule has 2 aromatic rings. The summed E-state index contributed by atoms with van der Waals surface area (Å²) in [4.78, 5) is 29.3. The van der Waals surface area contributed by atoms with Crippen molar-refractivity contribution in [1.29, 1.82) is 0 Å². The number of likely N-dealkylation sites (N-methyl/N-ethyl adjacent to an activating group) is 1. The monoisotopic (exact) mass is 379 g/mol. The molecule has 0 atom stereocenters. The highest BCUT2D eigenvalue weighted by Gasteiger charge is 2.23. The van der Waals surface area contributed by atoms with Crippen molar-refractivity contribution >= 4 is 11.7 Å². The zero-order valence-corrected chi connectivity index (χ0v) is 16.7. The van der Waals surface area contributed by atoms with E-state index in [-0.39, 0.29) is 5.91 Å². The number of carbonyl (C=O) groups excluding carboxylic acids is 1. The van der Waals surface area contributed by atoms with E-state index >= 15 is 0 Å². The lowest BCUT2D eigenvalue weighted by Gasteiger charge is -2.33. The largest absolute Gasteiger partial charge is 0.354 e. The van der Waals surface area contributed by atoms with Crippen LogP contribution in [0.4, 0.5) is 5.82 Å². The van der Waals surface area contributed by atoms with Gasteiger partial charge < -0.3 is 14.7 Å². The number of amides is 1. The highest BCUT2D eigenvalue weighted by Crippen LogP contribution is 2.23. The number of anilines is 1. The summed E-state index contributed by atoms with van der Waals surface area (Å²) in [5.74, 6) is 1.53. The Morgan fingerprint density at radius 3 is 2.21 bits per heavy atom. The predicted molar refractivity (Wildman–Crippen MR) is 112 cm³/mol. The molecule has 148 valence electrons. The topological polar surface area (TPSA) is 52.6 Å². The Kier molecular flexibility index (Phi) is 5.86. The second kappa shape index (κ2) is 8.69. The third-order valence-corrected chi connectivity index (χ3v) is 5.68. The first kappa shape index (κ1) is 18.9. The lowest BCUT2D eigenvalue weighted by molar-refractivity contribution is 0.0755. The summed E-state index contributed by atoms with van der Waals surface area (Å²) in [6, 6.07) is 11.9. The van der Waals surface area contributed by atoms with Gasteiger partial charge in [-0.2, -0.15) is 0 Å². The molecular formula is C22H29N5O. The molecule has 2 aliphatic heterocycles. The molecule has 0 bridgehead atoms. The van der Waals surface area contributed by atoms with Crippen LogP contribution in [0, 0.1) is 0 Å². The summed E-state index contributed by atoms with van der Waals surface area (Å²) >= 11 is 0. The van der Waals surface area contributed by atoms with Crippen LogP contribution in [0.2, 0.25) is 0 Å². The van der Waals surface area contributed by atoms with E-state index < -0.39 is 0 Å². The Morgan fingerprint density at radius 1 is 0.857 bits per heavy atom. The average molecular weight is 380 g/mol. The first-order valence-electron chi connectivity index (χ1n) is 10.4. The van der Waals surface area contributed by atoms with Gasteiger partial charge in [0.05, 0.1) is 0 Å². The quantitative estimate of drug-likeness (QED) is 0.821. The summed E-state index contributed by atoms with van der Waals surface area (Å²) in [6.07, 6.45) is 4.56. The van der Waals surface area contributed by atoms with Crippen LogP contribution >= 0.6 is 0 Å². The summed E-state index contributed by atoms with van der Waals surface area (Å²) in [5, 5.41) is 0. The molecule has 0 unspecified atom stereocenters.